The smallest absolute Gasteiger partial charge is 0.210 e. The number of ether oxygens (including phenoxy) is 1. The van der Waals surface area contributed by atoms with Crippen molar-refractivity contribution in [2.45, 2.75) is 13.0 Å². The maximum absolute atomic E-state index is 14.4. The molecular weight excluding hydrogens is 361 g/mol. The number of fused-ring (bicyclic) bond motifs is 2. The van der Waals surface area contributed by atoms with Gasteiger partial charge < -0.3 is 15.8 Å². The van der Waals surface area contributed by atoms with Crippen molar-refractivity contribution in [2.24, 2.45) is 0 Å². The molecule has 0 atom stereocenters. The van der Waals surface area contributed by atoms with Gasteiger partial charge in [0.1, 0.15) is 17.4 Å². The van der Waals surface area contributed by atoms with Crippen molar-refractivity contribution in [3.8, 4) is 17.1 Å². The summed E-state index contributed by atoms with van der Waals surface area (Å²) in [6.07, 6.45) is 3.92. The van der Waals surface area contributed by atoms with Crippen LogP contribution in [0.4, 0.5) is 16.2 Å². The van der Waals surface area contributed by atoms with E-state index in [0.717, 1.165) is 11.3 Å². The first-order valence-corrected chi connectivity index (χ1v) is 8.80. The molecule has 1 aromatic carbocycles. The third-order valence-corrected chi connectivity index (χ3v) is 4.76. The summed E-state index contributed by atoms with van der Waals surface area (Å²) in [6, 6.07) is 8.43. The fraction of sp³-hybridized carbons (Fsp3) is 0.158. The molecule has 140 valence electrons. The Morgan fingerprint density at radius 2 is 2.07 bits per heavy atom. The minimum Gasteiger partial charge on any atom is -0.493 e. The molecule has 0 spiro atoms. The zero-order valence-corrected chi connectivity index (χ0v) is 14.8. The standard InChI is InChI=1S/C19H16FN7O/c20-14-3-4-15-11(6-9-28-15)13(14)10-24-19-23-8-5-16-25-26-18(27(16)19)12-2-1-7-22-17(12)21/h1-5,7-8H,6,9-10H2,(H2,21,22)(H,23,24). The van der Waals surface area contributed by atoms with Gasteiger partial charge in [0.2, 0.25) is 5.95 Å². The number of hydrogen-bond acceptors (Lipinski definition) is 7. The van der Waals surface area contributed by atoms with Crippen molar-refractivity contribution in [2.75, 3.05) is 17.7 Å². The van der Waals surface area contributed by atoms with E-state index in [0.29, 0.717) is 47.4 Å². The predicted octanol–water partition coefficient (Wildman–Crippen LogP) is 2.45. The van der Waals surface area contributed by atoms with Crippen molar-refractivity contribution in [3.63, 3.8) is 0 Å². The predicted molar refractivity (Wildman–Crippen MR) is 101 cm³/mol. The Labute approximate surface area is 159 Å². The Morgan fingerprint density at radius 3 is 2.96 bits per heavy atom. The van der Waals surface area contributed by atoms with E-state index in [1.165, 1.54) is 6.07 Å². The molecule has 5 rings (SSSR count). The zero-order chi connectivity index (χ0) is 19.1. The van der Waals surface area contributed by atoms with E-state index >= 15 is 0 Å². The molecule has 8 nitrogen and oxygen atoms in total. The second-order valence-corrected chi connectivity index (χ2v) is 6.38. The van der Waals surface area contributed by atoms with Crippen LogP contribution in [0.5, 0.6) is 5.75 Å². The van der Waals surface area contributed by atoms with Crippen molar-refractivity contribution >= 4 is 17.4 Å². The van der Waals surface area contributed by atoms with Crippen LogP contribution in [0.15, 0.2) is 42.7 Å². The van der Waals surface area contributed by atoms with Gasteiger partial charge in [-0.1, -0.05) is 0 Å². The monoisotopic (exact) mass is 377 g/mol. The summed E-state index contributed by atoms with van der Waals surface area (Å²) in [6.45, 7) is 0.820. The molecule has 9 heteroatoms. The molecule has 3 aromatic heterocycles. The van der Waals surface area contributed by atoms with Gasteiger partial charge in [-0.2, -0.15) is 0 Å². The topological polar surface area (TPSA) is 103 Å². The summed E-state index contributed by atoms with van der Waals surface area (Å²) >= 11 is 0. The molecule has 4 aromatic rings. The molecule has 28 heavy (non-hydrogen) atoms. The lowest BCUT2D eigenvalue weighted by atomic mass is 10.0. The highest BCUT2D eigenvalue weighted by Gasteiger charge is 2.20. The van der Waals surface area contributed by atoms with Gasteiger partial charge in [-0.25, -0.2) is 18.8 Å². The Bertz CT molecular complexity index is 1190. The van der Waals surface area contributed by atoms with Crippen LogP contribution in [-0.2, 0) is 13.0 Å². The Kier molecular flexibility index (Phi) is 3.78. The number of nitrogens with zero attached hydrogens (tertiary/aromatic N) is 5. The number of pyridine rings is 1. The lowest BCUT2D eigenvalue weighted by Crippen LogP contribution is -2.10. The molecule has 4 heterocycles. The minimum absolute atomic E-state index is 0.255. The Hall–Kier alpha value is -3.75. The lowest BCUT2D eigenvalue weighted by Gasteiger charge is -2.12. The summed E-state index contributed by atoms with van der Waals surface area (Å²) in [5.74, 6) is 1.80. The zero-order valence-electron chi connectivity index (χ0n) is 14.8. The number of rotatable bonds is 4. The fourth-order valence-corrected chi connectivity index (χ4v) is 3.42. The first-order chi connectivity index (χ1) is 13.7. The van der Waals surface area contributed by atoms with Gasteiger partial charge in [-0.15, -0.1) is 10.2 Å². The molecule has 0 amide bonds. The fourth-order valence-electron chi connectivity index (χ4n) is 3.42. The van der Waals surface area contributed by atoms with E-state index < -0.39 is 0 Å². The maximum atomic E-state index is 14.4. The van der Waals surface area contributed by atoms with Crippen LogP contribution in [0.1, 0.15) is 11.1 Å². The summed E-state index contributed by atoms with van der Waals surface area (Å²) in [5, 5.41) is 11.6. The molecular formula is C19H16FN7O. The first kappa shape index (κ1) is 16.4. The number of nitrogens with two attached hydrogens (primary N) is 1. The van der Waals surface area contributed by atoms with E-state index in [4.69, 9.17) is 10.5 Å². The van der Waals surface area contributed by atoms with Crippen molar-refractivity contribution < 1.29 is 9.13 Å². The molecule has 0 radical (unpaired) electrons. The van der Waals surface area contributed by atoms with Crippen LogP contribution < -0.4 is 15.8 Å². The van der Waals surface area contributed by atoms with Crippen LogP contribution in [0.25, 0.3) is 17.0 Å². The second-order valence-electron chi connectivity index (χ2n) is 6.38. The second kappa shape index (κ2) is 6.45. The van der Waals surface area contributed by atoms with Crippen LogP contribution in [0.2, 0.25) is 0 Å². The molecule has 1 aliphatic heterocycles. The molecule has 3 N–H and O–H groups in total. The number of anilines is 2. The van der Waals surface area contributed by atoms with Crippen molar-refractivity contribution in [1.29, 1.82) is 0 Å². The van der Waals surface area contributed by atoms with Gasteiger partial charge >= 0.3 is 0 Å². The minimum atomic E-state index is -0.274. The van der Waals surface area contributed by atoms with Crippen LogP contribution >= 0.6 is 0 Å². The highest BCUT2D eigenvalue weighted by atomic mass is 19.1. The molecule has 0 saturated carbocycles. The van der Waals surface area contributed by atoms with Gasteiger partial charge in [0.15, 0.2) is 11.5 Å². The van der Waals surface area contributed by atoms with Crippen molar-refractivity contribution in [1.82, 2.24) is 24.6 Å². The molecule has 1 aliphatic rings. The molecule has 0 unspecified atom stereocenters. The largest absolute Gasteiger partial charge is 0.493 e. The van der Waals surface area contributed by atoms with E-state index in [1.54, 1.807) is 35.0 Å². The Morgan fingerprint density at radius 1 is 1.14 bits per heavy atom. The first-order valence-electron chi connectivity index (χ1n) is 8.80. The number of halogens is 1. The summed E-state index contributed by atoms with van der Waals surface area (Å²) in [4.78, 5) is 8.50. The number of hydrogen-bond donors (Lipinski definition) is 2. The molecule has 0 bridgehead atoms. The van der Waals surface area contributed by atoms with Crippen LogP contribution in [0, 0.1) is 5.82 Å². The average molecular weight is 377 g/mol. The number of nitrogen functional groups attached to an aromatic ring is 1. The van der Waals surface area contributed by atoms with Gasteiger partial charge in [-0.05, 0) is 24.3 Å². The van der Waals surface area contributed by atoms with Crippen molar-refractivity contribution in [3.05, 3.63) is 59.7 Å². The number of aromatic nitrogens is 5. The molecule has 0 saturated heterocycles. The normalized spacial score (nSPS) is 12.8. The summed E-state index contributed by atoms with van der Waals surface area (Å²) in [7, 11) is 0. The van der Waals surface area contributed by atoms with E-state index in [9.17, 15) is 4.39 Å². The third kappa shape index (κ3) is 2.59. The third-order valence-electron chi connectivity index (χ3n) is 4.76. The molecule has 0 fully saturated rings. The quantitative estimate of drug-likeness (QED) is 0.563. The SMILES string of the molecule is Nc1ncccc1-c1nnc2ccnc(NCc3c(F)ccc4c3CCO4)n12. The van der Waals surface area contributed by atoms with Crippen LogP contribution in [-0.4, -0.2) is 31.2 Å². The summed E-state index contributed by atoms with van der Waals surface area (Å²) < 4.78 is 21.7. The van der Waals surface area contributed by atoms with Crippen LogP contribution in [0.3, 0.4) is 0 Å². The van der Waals surface area contributed by atoms with E-state index in [1.807, 2.05) is 6.07 Å². The highest BCUT2D eigenvalue weighted by Crippen LogP contribution is 2.31. The number of nitrogens with one attached hydrogen (secondary N) is 1. The summed E-state index contributed by atoms with van der Waals surface area (Å²) in [5.41, 5.74) is 8.71. The van der Waals surface area contributed by atoms with Gasteiger partial charge in [-0.3, -0.25) is 0 Å². The van der Waals surface area contributed by atoms with E-state index in [-0.39, 0.29) is 12.4 Å². The van der Waals surface area contributed by atoms with E-state index in [2.05, 4.69) is 25.5 Å². The number of benzene rings is 1. The average Bonchev–Trinajstić information content (AvgIpc) is 3.35. The Balaban J connectivity index is 1.55. The van der Waals surface area contributed by atoms with Gasteiger partial charge in [0.05, 0.1) is 12.2 Å². The highest BCUT2D eigenvalue weighted by molar-refractivity contribution is 5.71. The van der Waals surface area contributed by atoms with Gasteiger partial charge in [0, 0.05) is 42.6 Å². The van der Waals surface area contributed by atoms with Gasteiger partial charge in [0.25, 0.3) is 0 Å². The molecule has 0 aliphatic carbocycles. The maximum Gasteiger partial charge on any atom is 0.210 e. The lowest BCUT2D eigenvalue weighted by molar-refractivity contribution is 0.356.